The van der Waals surface area contributed by atoms with Gasteiger partial charge in [0, 0.05) is 0 Å². The predicted octanol–water partition coefficient (Wildman–Crippen LogP) is 2.30. The van der Waals surface area contributed by atoms with Crippen molar-refractivity contribution in [2.75, 3.05) is 0 Å². The third kappa shape index (κ3) is 3.09. The second-order valence-corrected chi connectivity index (χ2v) is 2.88. The van der Waals surface area contributed by atoms with Crippen molar-refractivity contribution in [1.82, 2.24) is 0 Å². The standard InChI is InChI=1S/C11H13O3/c1-2-3-8-11(13)14-10-7-5-4-6-9(10)12/h4-8,12H,2-3H2,1H3. The Kier molecular flexibility index (Phi) is 3.98. The van der Waals surface area contributed by atoms with Crippen LogP contribution in [-0.4, -0.2) is 11.1 Å². The Morgan fingerprint density at radius 3 is 2.86 bits per heavy atom. The van der Waals surface area contributed by atoms with E-state index in [4.69, 9.17) is 4.74 Å². The number of esters is 1. The molecule has 0 atom stereocenters. The van der Waals surface area contributed by atoms with Crippen LogP contribution in [0.4, 0.5) is 0 Å². The molecule has 0 saturated carbocycles. The fourth-order valence-corrected chi connectivity index (χ4v) is 0.956. The number of unbranched alkanes of at least 4 members (excludes halogenated alkanes) is 1. The Bertz CT molecular complexity index is 307. The number of phenolic OH excluding ortho intramolecular Hbond substituents is 1. The number of hydrogen-bond acceptors (Lipinski definition) is 3. The van der Waals surface area contributed by atoms with Crippen LogP contribution in [0.2, 0.25) is 0 Å². The third-order valence-corrected chi connectivity index (χ3v) is 1.68. The minimum absolute atomic E-state index is 0.0225. The molecular formula is C11H13O3. The lowest BCUT2D eigenvalue weighted by Gasteiger charge is -2.04. The van der Waals surface area contributed by atoms with Gasteiger partial charge in [0.05, 0.1) is 6.42 Å². The number of benzene rings is 1. The van der Waals surface area contributed by atoms with Gasteiger partial charge in [-0.05, 0) is 18.6 Å². The summed E-state index contributed by atoms with van der Waals surface area (Å²) in [5.41, 5.74) is 0. The summed E-state index contributed by atoms with van der Waals surface area (Å²) in [6.45, 7) is 1.98. The van der Waals surface area contributed by atoms with Crippen molar-refractivity contribution in [2.24, 2.45) is 0 Å². The molecule has 0 unspecified atom stereocenters. The SMILES string of the molecule is CCC[CH]C(=O)Oc1ccccc1O. The molecule has 0 heterocycles. The van der Waals surface area contributed by atoms with E-state index < -0.39 is 5.97 Å². The molecule has 0 saturated heterocycles. The Balaban J connectivity index is 2.52. The summed E-state index contributed by atoms with van der Waals surface area (Å²) in [5.74, 6) is -0.246. The van der Waals surface area contributed by atoms with Gasteiger partial charge in [0.1, 0.15) is 0 Å². The molecule has 0 fully saturated rings. The first-order valence-corrected chi connectivity index (χ1v) is 4.57. The highest BCUT2D eigenvalue weighted by molar-refractivity contribution is 5.81. The first kappa shape index (κ1) is 10.6. The van der Waals surface area contributed by atoms with E-state index in [0.717, 1.165) is 6.42 Å². The van der Waals surface area contributed by atoms with Gasteiger partial charge >= 0.3 is 5.97 Å². The zero-order valence-electron chi connectivity index (χ0n) is 8.06. The molecular weight excluding hydrogens is 180 g/mol. The number of para-hydroxylation sites is 2. The number of hydrogen-bond donors (Lipinski definition) is 1. The molecule has 0 amide bonds. The highest BCUT2D eigenvalue weighted by Gasteiger charge is 2.07. The summed E-state index contributed by atoms with van der Waals surface area (Å²) >= 11 is 0. The van der Waals surface area contributed by atoms with Gasteiger partial charge in [-0.15, -0.1) is 0 Å². The maximum atomic E-state index is 11.1. The predicted molar refractivity (Wildman–Crippen MR) is 52.9 cm³/mol. The number of aromatic hydroxyl groups is 1. The van der Waals surface area contributed by atoms with Crippen LogP contribution < -0.4 is 4.74 Å². The van der Waals surface area contributed by atoms with Crippen LogP contribution >= 0.6 is 0 Å². The van der Waals surface area contributed by atoms with Crippen molar-refractivity contribution in [1.29, 1.82) is 0 Å². The van der Waals surface area contributed by atoms with Gasteiger partial charge in [-0.2, -0.15) is 0 Å². The Morgan fingerprint density at radius 1 is 1.50 bits per heavy atom. The van der Waals surface area contributed by atoms with E-state index >= 15 is 0 Å². The fourth-order valence-electron chi connectivity index (χ4n) is 0.956. The lowest BCUT2D eigenvalue weighted by atomic mass is 10.2. The van der Waals surface area contributed by atoms with Crippen LogP contribution in [0.25, 0.3) is 0 Å². The molecule has 1 aromatic carbocycles. The number of carbonyl (C=O) groups excluding carboxylic acids is 1. The zero-order valence-corrected chi connectivity index (χ0v) is 8.06. The first-order valence-electron chi connectivity index (χ1n) is 4.57. The second-order valence-electron chi connectivity index (χ2n) is 2.88. The molecule has 75 valence electrons. The van der Waals surface area contributed by atoms with Crippen LogP contribution in [-0.2, 0) is 4.79 Å². The third-order valence-electron chi connectivity index (χ3n) is 1.68. The molecule has 1 aromatic rings. The van der Waals surface area contributed by atoms with E-state index in [-0.39, 0.29) is 11.5 Å². The van der Waals surface area contributed by atoms with E-state index in [1.165, 1.54) is 12.5 Å². The number of phenols is 1. The lowest BCUT2D eigenvalue weighted by molar-refractivity contribution is -0.130. The Labute approximate surface area is 83.3 Å². The van der Waals surface area contributed by atoms with Crippen molar-refractivity contribution < 1.29 is 14.6 Å². The second kappa shape index (κ2) is 5.27. The minimum atomic E-state index is -0.423. The fraction of sp³-hybridized carbons (Fsp3) is 0.273. The number of carbonyl (C=O) groups is 1. The first-order chi connectivity index (χ1) is 6.74. The highest BCUT2D eigenvalue weighted by Crippen LogP contribution is 2.24. The average molecular weight is 193 g/mol. The average Bonchev–Trinajstić information content (AvgIpc) is 2.18. The van der Waals surface area contributed by atoms with Gasteiger partial charge < -0.3 is 9.84 Å². The van der Waals surface area contributed by atoms with Gasteiger partial charge in [0.25, 0.3) is 0 Å². The van der Waals surface area contributed by atoms with E-state index in [1.807, 2.05) is 6.92 Å². The van der Waals surface area contributed by atoms with Gasteiger partial charge in [0.2, 0.25) is 0 Å². The Morgan fingerprint density at radius 2 is 2.21 bits per heavy atom. The normalized spacial score (nSPS) is 9.79. The summed E-state index contributed by atoms with van der Waals surface area (Å²) in [7, 11) is 0. The minimum Gasteiger partial charge on any atom is -0.504 e. The summed E-state index contributed by atoms with van der Waals surface area (Å²) in [6.07, 6.45) is 3.05. The summed E-state index contributed by atoms with van der Waals surface area (Å²) in [4.78, 5) is 11.1. The molecule has 0 aromatic heterocycles. The molecule has 0 spiro atoms. The number of ether oxygens (including phenoxy) is 1. The topological polar surface area (TPSA) is 46.5 Å². The quantitative estimate of drug-likeness (QED) is 0.589. The van der Waals surface area contributed by atoms with Crippen molar-refractivity contribution in [2.45, 2.75) is 19.8 Å². The molecule has 3 heteroatoms. The van der Waals surface area contributed by atoms with Crippen molar-refractivity contribution in [3.05, 3.63) is 30.7 Å². The van der Waals surface area contributed by atoms with Gasteiger partial charge in [-0.25, -0.2) is 0 Å². The molecule has 0 aliphatic rings. The monoisotopic (exact) mass is 193 g/mol. The molecule has 1 rings (SSSR count). The van der Waals surface area contributed by atoms with Crippen LogP contribution in [0.5, 0.6) is 11.5 Å². The molecule has 14 heavy (non-hydrogen) atoms. The van der Waals surface area contributed by atoms with E-state index in [2.05, 4.69) is 0 Å². The largest absolute Gasteiger partial charge is 0.504 e. The van der Waals surface area contributed by atoms with E-state index in [9.17, 15) is 9.90 Å². The molecule has 0 aliphatic heterocycles. The smallest absolute Gasteiger partial charge is 0.315 e. The number of rotatable bonds is 4. The van der Waals surface area contributed by atoms with Crippen molar-refractivity contribution >= 4 is 5.97 Å². The zero-order chi connectivity index (χ0) is 10.4. The molecule has 1 N–H and O–H groups in total. The van der Waals surface area contributed by atoms with Crippen LogP contribution in [0, 0.1) is 6.42 Å². The molecule has 0 aliphatic carbocycles. The summed E-state index contributed by atoms with van der Waals surface area (Å²) < 4.78 is 4.90. The summed E-state index contributed by atoms with van der Waals surface area (Å²) in [5, 5.41) is 9.29. The van der Waals surface area contributed by atoms with Crippen LogP contribution in [0.15, 0.2) is 24.3 Å². The molecule has 0 bridgehead atoms. The van der Waals surface area contributed by atoms with Gasteiger partial charge in [-0.1, -0.05) is 25.5 Å². The maximum absolute atomic E-state index is 11.1. The van der Waals surface area contributed by atoms with Gasteiger partial charge in [-0.3, -0.25) is 4.79 Å². The highest BCUT2D eigenvalue weighted by atomic mass is 16.5. The van der Waals surface area contributed by atoms with Crippen molar-refractivity contribution in [3.63, 3.8) is 0 Å². The van der Waals surface area contributed by atoms with E-state index in [0.29, 0.717) is 6.42 Å². The van der Waals surface area contributed by atoms with Crippen LogP contribution in [0.1, 0.15) is 19.8 Å². The molecule has 3 nitrogen and oxygen atoms in total. The van der Waals surface area contributed by atoms with Crippen molar-refractivity contribution in [3.8, 4) is 11.5 Å². The Hall–Kier alpha value is -1.51. The maximum Gasteiger partial charge on any atom is 0.315 e. The summed E-state index contributed by atoms with van der Waals surface area (Å²) in [6, 6.07) is 6.39. The van der Waals surface area contributed by atoms with E-state index in [1.54, 1.807) is 18.2 Å². The molecule has 1 radical (unpaired) electrons. The van der Waals surface area contributed by atoms with Crippen LogP contribution in [0.3, 0.4) is 0 Å². The lowest BCUT2D eigenvalue weighted by Crippen LogP contribution is -2.08. The van der Waals surface area contributed by atoms with Gasteiger partial charge in [0.15, 0.2) is 11.5 Å².